The molecule has 1 heterocycles. The van der Waals surface area contributed by atoms with Gasteiger partial charge < -0.3 is 4.98 Å². The molecule has 0 radical (unpaired) electrons. The minimum Gasteiger partial charge on any atom is -0.345 e. The van der Waals surface area contributed by atoms with Crippen LogP contribution in [0.5, 0.6) is 0 Å². The molecule has 0 unspecified atom stereocenters. The molecule has 1 aromatic heterocycles. The predicted molar refractivity (Wildman–Crippen MR) is 46.1 cm³/mol. The van der Waals surface area contributed by atoms with Crippen LogP contribution in [0.1, 0.15) is 1.43 Å². The zero-order valence-electron chi connectivity index (χ0n) is 5.99. The number of rotatable bonds is 1. The molecule has 0 bridgehead atoms. The Labute approximate surface area is 66.4 Å². The third kappa shape index (κ3) is 1.15. The van der Waals surface area contributed by atoms with Crippen LogP contribution in [0.3, 0.4) is 0 Å². The Morgan fingerprint density at radius 1 is 1.18 bits per heavy atom. The maximum atomic E-state index is 3.94. The van der Waals surface area contributed by atoms with Crippen LogP contribution < -0.4 is 0 Å². The Kier molecular flexibility index (Phi) is 1.44. The van der Waals surface area contributed by atoms with E-state index in [4.69, 9.17) is 0 Å². The van der Waals surface area contributed by atoms with Crippen molar-refractivity contribution in [2.24, 2.45) is 0 Å². The maximum absolute atomic E-state index is 3.94. The highest BCUT2D eigenvalue weighted by Crippen LogP contribution is 2.13. The SMILES string of the molecule is [HH].c1ccc(-c2cnc[nH]2)cc1. The highest BCUT2D eigenvalue weighted by Gasteiger charge is 1.94. The van der Waals surface area contributed by atoms with Gasteiger partial charge in [-0.05, 0) is 5.56 Å². The van der Waals surface area contributed by atoms with Crippen molar-refractivity contribution in [2.75, 3.05) is 0 Å². The Balaban J connectivity index is 0.000000720. The molecule has 2 nitrogen and oxygen atoms in total. The van der Waals surface area contributed by atoms with Crippen LogP contribution in [0.2, 0.25) is 0 Å². The molecule has 2 heteroatoms. The van der Waals surface area contributed by atoms with Gasteiger partial charge >= 0.3 is 0 Å². The van der Waals surface area contributed by atoms with E-state index in [0.717, 1.165) is 5.69 Å². The summed E-state index contributed by atoms with van der Waals surface area (Å²) in [5.74, 6) is 0. The second-order valence-corrected chi connectivity index (χ2v) is 2.33. The van der Waals surface area contributed by atoms with Crippen molar-refractivity contribution >= 4 is 0 Å². The average Bonchev–Trinajstić information content (AvgIpc) is 2.58. The van der Waals surface area contributed by atoms with Gasteiger partial charge in [0.15, 0.2) is 0 Å². The first-order chi connectivity index (χ1) is 5.47. The summed E-state index contributed by atoms with van der Waals surface area (Å²) < 4.78 is 0. The molecule has 0 amide bonds. The molecule has 0 aliphatic rings. The average molecular weight is 146 g/mol. The fourth-order valence-electron chi connectivity index (χ4n) is 1.03. The lowest BCUT2D eigenvalue weighted by Crippen LogP contribution is -1.73. The van der Waals surface area contributed by atoms with Crippen molar-refractivity contribution < 1.29 is 1.43 Å². The van der Waals surface area contributed by atoms with Gasteiger partial charge in [0.1, 0.15) is 0 Å². The molecular weight excluding hydrogens is 136 g/mol. The van der Waals surface area contributed by atoms with Crippen LogP contribution in [-0.2, 0) is 0 Å². The molecule has 0 aliphatic carbocycles. The van der Waals surface area contributed by atoms with Gasteiger partial charge in [-0.15, -0.1) is 0 Å². The van der Waals surface area contributed by atoms with Crippen LogP contribution in [0.15, 0.2) is 42.9 Å². The van der Waals surface area contributed by atoms with E-state index in [-0.39, 0.29) is 1.43 Å². The summed E-state index contributed by atoms with van der Waals surface area (Å²) in [5, 5.41) is 0. The predicted octanol–water partition coefficient (Wildman–Crippen LogP) is 2.32. The van der Waals surface area contributed by atoms with Gasteiger partial charge in [-0.1, -0.05) is 30.3 Å². The molecule has 1 aromatic carbocycles. The van der Waals surface area contributed by atoms with E-state index >= 15 is 0 Å². The lowest BCUT2D eigenvalue weighted by Gasteiger charge is -1.93. The van der Waals surface area contributed by atoms with Crippen molar-refractivity contribution in [1.29, 1.82) is 0 Å². The number of hydrogen-bond acceptors (Lipinski definition) is 1. The fraction of sp³-hybridized carbons (Fsp3) is 0. The second-order valence-electron chi connectivity index (χ2n) is 2.33. The first kappa shape index (κ1) is 6.16. The van der Waals surface area contributed by atoms with E-state index in [1.807, 2.05) is 36.5 Å². The quantitative estimate of drug-likeness (QED) is 0.657. The van der Waals surface area contributed by atoms with Gasteiger partial charge in [0.05, 0.1) is 18.2 Å². The molecule has 0 saturated heterocycles. The molecule has 0 aliphatic heterocycles. The molecule has 11 heavy (non-hydrogen) atoms. The topological polar surface area (TPSA) is 28.7 Å². The van der Waals surface area contributed by atoms with Crippen LogP contribution in [0.4, 0.5) is 0 Å². The first-order valence-electron chi connectivity index (χ1n) is 3.50. The Hall–Kier alpha value is -1.57. The number of imidazole rings is 1. The van der Waals surface area contributed by atoms with Gasteiger partial charge in [0.25, 0.3) is 0 Å². The molecule has 2 aromatic rings. The highest BCUT2D eigenvalue weighted by atomic mass is 14.9. The smallest absolute Gasteiger partial charge is 0.0924 e. The molecule has 0 fully saturated rings. The first-order valence-corrected chi connectivity index (χ1v) is 3.50. The van der Waals surface area contributed by atoms with Gasteiger partial charge in [0.2, 0.25) is 0 Å². The third-order valence-corrected chi connectivity index (χ3v) is 1.58. The van der Waals surface area contributed by atoms with E-state index in [9.17, 15) is 0 Å². The second kappa shape index (κ2) is 2.58. The lowest BCUT2D eigenvalue weighted by molar-refractivity contribution is 1.31. The lowest BCUT2D eigenvalue weighted by atomic mass is 10.2. The standard InChI is InChI=1S/C9H8N2.H2/c1-2-4-8(5-3-1)9-6-10-7-11-9;/h1-7H,(H,10,11);1H. The van der Waals surface area contributed by atoms with Gasteiger partial charge in [-0.2, -0.15) is 0 Å². The molecule has 0 atom stereocenters. The summed E-state index contributed by atoms with van der Waals surface area (Å²) in [6.45, 7) is 0. The largest absolute Gasteiger partial charge is 0.345 e. The fourth-order valence-corrected chi connectivity index (χ4v) is 1.03. The highest BCUT2D eigenvalue weighted by molar-refractivity contribution is 5.57. The maximum Gasteiger partial charge on any atom is 0.0924 e. The van der Waals surface area contributed by atoms with E-state index in [2.05, 4.69) is 9.97 Å². The summed E-state index contributed by atoms with van der Waals surface area (Å²) in [4.78, 5) is 6.99. The number of aromatic amines is 1. The number of nitrogens with one attached hydrogen (secondary N) is 1. The summed E-state index contributed by atoms with van der Waals surface area (Å²) in [7, 11) is 0. The minimum absolute atomic E-state index is 0. The van der Waals surface area contributed by atoms with Crippen molar-refractivity contribution in [3.8, 4) is 11.3 Å². The van der Waals surface area contributed by atoms with Gasteiger partial charge in [-0.25, -0.2) is 4.98 Å². The number of benzene rings is 1. The van der Waals surface area contributed by atoms with E-state index in [1.54, 1.807) is 6.33 Å². The monoisotopic (exact) mass is 146 g/mol. The zero-order valence-corrected chi connectivity index (χ0v) is 5.99. The Morgan fingerprint density at radius 2 is 2.00 bits per heavy atom. The molecule has 56 valence electrons. The van der Waals surface area contributed by atoms with E-state index < -0.39 is 0 Å². The van der Waals surface area contributed by atoms with Crippen LogP contribution in [0, 0.1) is 0 Å². The van der Waals surface area contributed by atoms with Crippen molar-refractivity contribution in [3.63, 3.8) is 0 Å². The van der Waals surface area contributed by atoms with E-state index in [0.29, 0.717) is 0 Å². The summed E-state index contributed by atoms with van der Waals surface area (Å²) in [6.07, 6.45) is 3.50. The Bertz CT molecular complexity index is 316. The van der Waals surface area contributed by atoms with Gasteiger partial charge in [-0.3, -0.25) is 0 Å². The minimum atomic E-state index is 0. The number of nitrogens with zero attached hydrogens (tertiary/aromatic N) is 1. The van der Waals surface area contributed by atoms with Crippen LogP contribution in [0.25, 0.3) is 11.3 Å². The number of aromatic nitrogens is 2. The number of hydrogen-bond donors (Lipinski definition) is 1. The van der Waals surface area contributed by atoms with Gasteiger partial charge in [0, 0.05) is 1.43 Å². The van der Waals surface area contributed by atoms with E-state index in [1.165, 1.54) is 5.56 Å². The Morgan fingerprint density at radius 3 is 2.64 bits per heavy atom. The summed E-state index contributed by atoms with van der Waals surface area (Å²) in [6, 6.07) is 10.1. The zero-order chi connectivity index (χ0) is 7.52. The van der Waals surface area contributed by atoms with Crippen molar-refractivity contribution in [1.82, 2.24) is 9.97 Å². The third-order valence-electron chi connectivity index (χ3n) is 1.58. The van der Waals surface area contributed by atoms with Crippen molar-refractivity contribution in [3.05, 3.63) is 42.9 Å². The number of H-pyrrole nitrogens is 1. The molecule has 1 N–H and O–H groups in total. The molecule has 2 rings (SSSR count). The van der Waals surface area contributed by atoms with Crippen molar-refractivity contribution in [2.45, 2.75) is 0 Å². The summed E-state index contributed by atoms with van der Waals surface area (Å²) >= 11 is 0. The van der Waals surface area contributed by atoms with Crippen LogP contribution in [-0.4, -0.2) is 9.97 Å². The normalized spacial score (nSPS) is 9.82. The molecule has 0 spiro atoms. The summed E-state index contributed by atoms with van der Waals surface area (Å²) in [5.41, 5.74) is 2.23. The van der Waals surface area contributed by atoms with Crippen LogP contribution >= 0.6 is 0 Å². The molecule has 0 saturated carbocycles. The molecular formula is C9H10N2.